The Bertz CT molecular complexity index is 1070. The normalized spacial score (nSPS) is 13.3. The van der Waals surface area contributed by atoms with Crippen LogP contribution < -0.4 is 18.7 Å². The van der Waals surface area contributed by atoms with Gasteiger partial charge < -0.3 is 9.47 Å². The molecule has 2 amide bonds. The Hall–Kier alpha value is -3.33. The minimum absolute atomic E-state index is 0.183. The lowest BCUT2D eigenvalue weighted by Gasteiger charge is -2.36. The van der Waals surface area contributed by atoms with E-state index < -0.39 is 17.7 Å². The number of hydrogen-bond donors (Lipinski definition) is 0. The van der Waals surface area contributed by atoms with Gasteiger partial charge in [0.15, 0.2) is 0 Å². The molecule has 2 aromatic carbocycles. The van der Waals surface area contributed by atoms with E-state index in [4.69, 9.17) is 9.47 Å². The third-order valence-corrected chi connectivity index (χ3v) is 5.64. The molecular weight excluding hydrogens is 412 g/mol. The first-order chi connectivity index (χ1) is 14.5. The molecule has 1 aromatic heterocycles. The summed E-state index contributed by atoms with van der Waals surface area (Å²) in [6.45, 7) is -0.259. The molecule has 0 unspecified atom stereocenters. The predicted octanol–water partition coefficient (Wildman–Crippen LogP) is 5.03. The van der Waals surface area contributed by atoms with Crippen LogP contribution in [0, 0.1) is 11.6 Å². The summed E-state index contributed by atoms with van der Waals surface area (Å²) < 4.78 is 40.4. The van der Waals surface area contributed by atoms with Crippen molar-refractivity contribution in [1.29, 1.82) is 0 Å². The number of benzene rings is 2. The number of para-hydroxylation sites is 1. The summed E-state index contributed by atoms with van der Waals surface area (Å²) in [5, 5.41) is 0. The predicted molar refractivity (Wildman–Crippen MR) is 110 cm³/mol. The Morgan fingerprint density at radius 1 is 0.967 bits per heavy atom. The number of nitrogens with zero attached hydrogens (tertiary/aromatic N) is 3. The maximum atomic E-state index is 14.3. The monoisotopic (exact) mass is 429 g/mol. The quantitative estimate of drug-likeness (QED) is 0.533. The van der Waals surface area contributed by atoms with Crippen LogP contribution in [0.1, 0.15) is 5.56 Å². The highest BCUT2D eigenvalue weighted by atomic mass is 32.2. The first kappa shape index (κ1) is 20.0. The molecule has 6 nitrogen and oxygen atoms in total. The van der Waals surface area contributed by atoms with E-state index in [0.717, 1.165) is 4.90 Å². The fraction of sp³-hybridized carbons (Fsp3) is 0.143. The Morgan fingerprint density at radius 3 is 2.23 bits per heavy atom. The van der Waals surface area contributed by atoms with Gasteiger partial charge in [-0.15, -0.1) is 0 Å². The van der Waals surface area contributed by atoms with Gasteiger partial charge in [0.2, 0.25) is 11.8 Å². The molecule has 30 heavy (non-hydrogen) atoms. The molecule has 154 valence electrons. The molecule has 0 radical (unpaired) electrons. The molecule has 0 atom stereocenters. The van der Waals surface area contributed by atoms with Crippen molar-refractivity contribution in [2.75, 3.05) is 23.4 Å². The van der Waals surface area contributed by atoms with Gasteiger partial charge in [-0.1, -0.05) is 18.2 Å². The largest absolute Gasteiger partial charge is 0.481 e. The second-order valence-electron chi connectivity index (χ2n) is 6.33. The number of aromatic nitrogens is 1. The van der Waals surface area contributed by atoms with Gasteiger partial charge in [0.05, 0.1) is 37.0 Å². The van der Waals surface area contributed by atoms with Crippen molar-refractivity contribution < 1.29 is 23.0 Å². The fourth-order valence-corrected chi connectivity index (χ4v) is 4.05. The molecule has 0 spiro atoms. The Morgan fingerprint density at radius 2 is 1.60 bits per heavy atom. The van der Waals surface area contributed by atoms with Crippen LogP contribution in [0.3, 0.4) is 0 Å². The number of rotatable bonds is 5. The molecule has 2 heterocycles. The van der Waals surface area contributed by atoms with Crippen LogP contribution in [0.5, 0.6) is 11.8 Å². The van der Waals surface area contributed by atoms with Crippen molar-refractivity contribution in [3.05, 3.63) is 71.8 Å². The van der Waals surface area contributed by atoms with Crippen molar-refractivity contribution >= 4 is 29.4 Å². The molecular formula is C21H17F2N3O3S. The maximum Gasteiger partial charge on any atom is 0.339 e. The fourth-order valence-electron chi connectivity index (χ4n) is 3.06. The van der Waals surface area contributed by atoms with Gasteiger partial charge in [-0.05, 0) is 36.2 Å². The number of hydrogen-bond acceptors (Lipinski definition) is 5. The lowest BCUT2D eigenvalue weighted by Crippen LogP contribution is -2.43. The van der Waals surface area contributed by atoms with Crippen molar-refractivity contribution in [2.45, 2.75) is 11.4 Å². The van der Waals surface area contributed by atoms with Crippen molar-refractivity contribution in [3.63, 3.8) is 0 Å². The minimum Gasteiger partial charge on any atom is -0.481 e. The molecule has 1 aliphatic heterocycles. The molecule has 9 heteroatoms. The van der Waals surface area contributed by atoms with Gasteiger partial charge in [-0.3, -0.25) is 4.90 Å². The maximum absolute atomic E-state index is 14.3. The lowest BCUT2D eigenvalue weighted by atomic mass is 10.1. The van der Waals surface area contributed by atoms with Gasteiger partial charge in [-0.2, -0.15) is 4.98 Å². The van der Waals surface area contributed by atoms with E-state index in [1.54, 1.807) is 24.3 Å². The summed E-state index contributed by atoms with van der Waals surface area (Å²) in [6, 6.07) is 13.5. The van der Waals surface area contributed by atoms with E-state index in [9.17, 15) is 13.6 Å². The second kappa shape index (κ2) is 8.19. The molecule has 0 aliphatic carbocycles. The number of fused-ring (bicyclic) bond motifs is 1. The molecule has 0 fully saturated rings. The number of methoxy groups -OCH3 is 2. The summed E-state index contributed by atoms with van der Waals surface area (Å²) in [5.41, 5.74) is 0.846. The van der Waals surface area contributed by atoms with Crippen molar-refractivity contribution in [3.8, 4) is 11.8 Å². The summed E-state index contributed by atoms with van der Waals surface area (Å²) in [6.07, 6.45) is 0. The van der Waals surface area contributed by atoms with Gasteiger partial charge in [0, 0.05) is 17.7 Å². The molecule has 1 aliphatic rings. The number of pyridine rings is 1. The number of halogens is 2. The molecule has 0 saturated heterocycles. The summed E-state index contributed by atoms with van der Waals surface area (Å²) in [7, 11) is 2.92. The van der Waals surface area contributed by atoms with Gasteiger partial charge in [0.25, 0.3) is 0 Å². The van der Waals surface area contributed by atoms with E-state index in [1.165, 1.54) is 53.6 Å². The zero-order chi connectivity index (χ0) is 21.3. The summed E-state index contributed by atoms with van der Waals surface area (Å²) in [5.74, 6) is -0.888. The first-order valence-electron chi connectivity index (χ1n) is 8.93. The van der Waals surface area contributed by atoms with E-state index >= 15 is 0 Å². The van der Waals surface area contributed by atoms with E-state index in [-0.39, 0.29) is 23.9 Å². The summed E-state index contributed by atoms with van der Waals surface area (Å²) in [4.78, 5) is 19.6. The zero-order valence-corrected chi connectivity index (χ0v) is 17.0. The topological polar surface area (TPSA) is 54.9 Å². The number of carbonyl (C=O) groups is 1. The number of urea groups is 1. The average molecular weight is 429 g/mol. The van der Waals surface area contributed by atoms with Crippen LogP contribution in [-0.2, 0) is 6.54 Å². The Balaban J connectivity index is 1.79. The number of carbonyl (C=O) groups excluding carboxylic acids is 1. The van der Waals surface area contributed by atoms with Gasteiger partial charge in [0.1, 0.15) is 11.6 Å². The smallest absolute Gasteiger partial charge is 0.339 e. The van der Waals surface area contributed by atoms with Crippen LogP contribution in [0.25, 0.3) is 0 Å². The van der Waals surface area contributed by atoms with Crippen LogP contribution in [0.4, 0.5) is 25.0 Å². The van der Waals surface area contributed by atoms with Crippen LogP contribution in [-0.4, -0.2) is 25.2 Å². The average Bonchev–Trinajstić information content (AvgIpc) is 2.77. The minimum atomic E-state index is -0.711. The third kappa shape index (κ3) is 3.63. The SMILES string of the molecule is COc1cc(N2Sc3ccccc3N(Cc3c(F)cccc3F)C2=O)cc(OC)n1. The van der Waals surface area contributed by atoms with E-state index in [2.05, 4.69) is 4.98 Å². The second-order valence-corrected chi connectivity index (χ2v) is 7.32. The van der Waals surface area contributed by atoms with Crippen molar-refractivity contribution in [2.24, 2.45) is 0 Å². The molecule has 0 N–H and O–H groups in total. The first-order valence-corrected chi connectivity index (χ1v) is 9.70. The van der Waals surface area contributed by atoms with Crippen molar-refractivity contribution in [1.82, 2.24) is 4.98 Å². The molecule has 0 saturated carbocycles. The number of amides is 2. The number of anilines is 2. The van der Waals surface area contributed by atoms with Crippen LogP contribution in [0.15, 0.2) is 59.5 Å². The highest BCUT2D eigenvalue weighted by Crippen LogP contribution is 2.43. The van der Waals surface area contributed by atoms with Gasteiger partial charge >= 0.3 is 6.03 Å². The summed E-state index contributed by atoms with van der Waals surface area (Å²) >= 11 is 1.20. The molecule has 4 rings (SSSR count). The van der Waals surface area contributed by atoms with Gasteiger partial charge in [-0.25, -0.2) is 17.9 Å². The number of ether oxygens (including phenoxy) is 2. The van der Waals surface area contributed by atoms with E-state index in [0.29, 0.717) is 11.4 Å². The van der Waals surface area contributed by atoms with Crippen LogP contribution in [0.2, 0.25) is 0 Å². The van der Waals surface area contributed by atoms with Crippen LogP contribution >= 0.6 is 11.9 Å². The Kier molecular flexibility index (Phi) is 5.45. The highest BCUT2D eigenvalue weighted by molar-refractivity contribution is 8.01. The zero-order valence-electron chi connectivity index (χ0n) is 16.1. The third-order valence-electron chi connectivity index (χ3n) is 4.54. The molecule has 3 aromatic rings. The molecule has 0 bridgehead atoms. The highest BCUT2D eigenvalue weighted by Gasteiger charge is 2.34. The van der Waals surface area contributed by atoms with E-state index in [1.807, 2.05) is 12.1 Å². The standard InChI is InChI=1S/C21H17F2N3O3S/c1-28-19-10-13(11-20(24-19)29-2)26-21(27)25(17-8-3-4-9-18(17)30-26)12-14-15(22)6-5-7-16(14)23/h3-11H,12H2,1-2H3. The lowest BCUT2D eigenvalue weighted by molar-refractivity contribution is 0.254. The Labute approximate surface area is 176 Å².